The van der Waals surface area contributed by atoms with Crippen LogP contribution in [-0.4, -0.2) is 44.1 Å². The Labute approximate surface area is 383 Å². The summed E-state index contributed by atoms with van der Waals surface area (Å²) in [6.45, 7) is 6.25. The molecular formula is C51H56N8O7. The molecule has 15 heteroatoms. The number of carbonyl (C=O) groups is 4. The third-order valence-corrected chi connectivity index (χ3v) is 12.8. The Hall–Kier alpha value is -7.16. The lowest BCUT2D eigenvalue weighted by Crippen LogP contribution is -2.22. The molecule has 2 aromatic heterocycles. The minimum Gasteiger partial charge on any atom is -0.399 e. The zero-order valence-corrected chi connectivity index (χ0v) is 37.5. The largest absolute Gasteiger partial charge is 0.399 e. The molecule has 0 radical (unpaired) electrons. The third kappa shape index (κ3) is 11.7. The van der Waals surface area contributed by atoms with Crippen LogP contribution in [0.2, 0.25) is 0 Å². The van der Waals surface area contributed by atoms with Gasteiger partial charge >= 0.3 is 47.6 Å². The first kappa shape index (κ1) is 45.4. The molecule has 2 aliphatic carbocycles. The highest BCUT2D eigenvalue weighted by Gasteiger charge is 2.29. The molecule has 66 heavy (non-hydrogen) atoms. The molecule has 342 valence electrons. The minimum absolute atomic E-state index is 0.140. The lowest BCUT2D eigenvalue weighted by Gasteiger charge is -2.29. The molecule has 0 aliphatic heterocycles. The molecule has 2 aliphatic rings. The van der Waals surface area contributed by atoms with E-state index < -0.39 is 23.8 Å². The molecular weight excluding hydrogens is 837 g/mol. The van der Waals surface area contributed by atoms with Gasteiger partial charge in [0.05, 0.1) is 0 Å². The zero-order chi connectivity index (χ0) is 46.0. The van der Waals surface area contributed by atoms with E-state index in [4.69, 9.17) is 13.6 Å². The van der Waals surface area contributed by atoms with Gasteiger partial charge in [-0.25, -0.2) is 0 Å². The van der Waals surface area contributed by atoms with Gasteiger partial charge in [-0.1, -0.05) is 91.6 Å². The van der Waals surface area contributed by atoms with Crippen LogP contribution in [0.4, 0.5) is 34.8 Å². The van der Waals surface area contributed by atoms with Gasteiger partial charge in [0.15, 0.2) is 0 Å². The van der Waals surface area contributed by atoms with Crippen molar-refractivity contribution in [1.29, 1.82) is 0 Å². The van der Waals surface area contributed by atoms with E-state index in [0.717, 1.165) is 80.3 Å². The third-order valence-electron chi connectivity index (χ3n) is 12.8. The predicted molar refractivity (Wildman–Crippen MR) is 250 cm³/mol. The van der Waals surface area contributed by atoms with E-state index in [2.05, 4.69) is 62.4 Å². The van der Waals surface area contributed by atoms with Crippen LogP contribution in [0.5, 0.6) is 0 Å². The van der Waals surface area contributed by atoms with Crippen LogP contribution in [-0.2, 0) is 20.7 Å². The van der Waals surface area contributed by atoms with Crippen LogP contribution >= 0.6 is 0 Å². The van der Waals surface area contributed by atoms with E-state index in [9.17, 15) is 19.2 Å². The van der Waals surface area contributed by atoms with Crippen LogP contribution in [0, 0.1) is 11.8 Å². The summed E-state index contributed by atoms with van der Waals surface area (Å²) in [5.74, 6) is -0.848. The van der Waals surface area contributed by atoms with Gasteiger partial charge in [-0.2, -0.15) is 0 Å². The number of hydrogen-bond acceptors (Lipinski definition) is 13. The Bertz CT molecular complexity index is 2610. The van der Waals surface area contributed by atoms with Gasteiger partial charge in [0.2, 0.25) is 0 Å². The highest BCUT2D eigenvalue weighted by Crippen LogP contribution is 2.39. The van der Waals surface area contributed by atoms with Gasteiger partial charge in [0.25, 0.3) is 0 Å². The predicted octanol–water partition coefficient (Wildman–Crippen LogP) is 11.2. The van der Waals surface area contributed by atoms with Crippen molar-refractivity contribution in [2.45, 2.75) is 109 Å². The summed E-state index contributed by atoms with van der Waals surface area (Å²) in [5.41, 5.74) is 7.46. The number of hydrogen-bond donors (Lipinski definition) is 4. The second-order valence-corrected chi connectivity index (χ2v) is 17.7. The topological polar surface area (TPSA) is 203 Å². The number of aromatic nitrogens is 4. The van der Waals surface area contributed by atoms with Crippen LogP contribution in [0.1, 0.15) is 146 Å². The highest BCUT2D eigenvalue weighted by atomic mass is 16.6. The van der Waals surface area contributed by atoms with E-state index in [-0.39, 0.29) is 54.4 Å². The first-order valence-corrected chi connectivity index (χ1v) is 23.0. The highest BCUT2D eigenvalue weighted by molar-refractivity contribution is 6.01. The average Bonchev–Trinajstić information content (AvgIpc) is 4.01. The van der Waals surface area contributed by atoms with E-state index >= 15 is 0 Å². The second kappa shape index (κ2) is 21.2. The van der Waals surface area contributed by atoms with Crippen LogP contribution in [0.25, 0.3) is 0 Å². The Balaban J connectivity index is 0.709. The zero-order valence-electron chi connectivity index (χ0n) is 37.5. The Kier molecular flexibility index (Phi) is 14.6. The fraction of sp³-hybridized carbons (Fsp3) is 0.373. The molecule has 15 nitrogen and oxygen atoms in total. The quantitative estimate of drug-likeness (QED) is 0.0528. The molecule has 4 N–H and O–H groups in total. The molecule has 2 heterocycles. The number of nitrogens with one attached hydrogen (secondary N) is 4. The lowest BCUT2D eigenvalue weighted by atomic mass is 9.77. The summed E-state index contributed by atoms with van der Waals surface area (Å²) >= 11 is 0. The summed E-state index contributed by atoms with van der Waals surface area (Å²) in [6.07, 6.45) is 8.46. The van der Waals surface area contributed by atoms with Gasteiger partial charge in [-0.3, -0.25) is 19.2 Å². The van der Waals surface area contributed by atoms with Gasteiger partial charge in [0.1, 0.15) is 0 Å². The van der Waals surface area contributed by atoms with Gasteiger partial charge in [0, 0.05) is 35.6 Å². The smallest absolute Gasteiger partial charge is 0.320 e. The maximum absolute atomic E-state index is 12.9. The van der Waals surface area contributed by atoms with Crippen LogP contribution in [0.3, 0.4) is 0 Å². The van der Waals surface area contributed by atoms with Crippen molar-refractivity contribution < 1.29 is 32.7 Å². The number of aryl methyl sites for hydroxylation is 1. The summed E-state index contributed by atoms with van der Waals surface area (Å²) in [6, 6.07) is 31.5. The normalized spacial score (nSPS) is 18.3. The summed E-state index contributed by atoms with van der Waals surface area (Å²) in [7, 11) is 0. The fourth-order valence-electron chi connectivity index (χ4n) is 9.15. The van der Waals surface area contributed by atoms with Crippen molar-refractivity contribution in [3.63, 3.8) is 0 Å². The maximum atomic E-state index is 12.9. The van der Waals surface area contributed by atoms with Gasteiger partial charge in [-0.15, -0.1) is 10.2 Å². The number of para-hydroxylation sites is 2. The molecule has 6 aromatic rings. The van der Waals surface area contributed by atoms with Gasteiger partial charge < -0.3 is 34.8 Å². The summed E-state index contributed by atoms with van der Waals surface area (Å²) in [5, 5.41) is 27.7. The molecule has 4 aromatic carbocycles. The number of carbonyl (C=O) groups excluding carboxylic acids is 4. The number of benzene rings is 4. The number of esters is 2. The monoisotopic (exact) mass is 892 g/mol. The van der Waals surface area contributed by atoms with Crippen molar-refractivity contribution >= 4 is 58.5 Å². The SMILES string of the molecule is CCc1ccccc1Nc1nnc(C(=O)Nc2ccc(C3CCC(CC(=O)OC(=O)CC4CCC(c5ccc(NC(=O)c6nnc(Nc7ccccc7C(C)C)o6)cc5)CC4)CC3)cc2)o1. The number of ether oxygens (including phenoxy) is 1. The van der Waals surface area contributed by atoms with Crippen LogP contribution < -0.4 is 21.3 Å². The maximum Gasteiger partial charge on any atom is 0.320 e. The van der Waals surface area contributed by atoms with Crippen molar-refractivity contribution in [2.24, 2.45) is 11.8 Å². The van der Waals surface area contributed by atoms with E-state index in [1.165, 1.54) is 11.1 Å². The number of nitrogens with zero attached hydrogens (tertiary/aromatic N) is 4. The van der Waals surface area contributed by atoms with Gasteiger partial charge in [-0.05, 0) is 146 Å². The number of anilines is 6. The van der Waals surface area contributed by atoms with Crippen molar-refractivity contribution in [3.8, 4) is 0 Å². The van der Waals surface area contributed by atoms with Crippen molar-refractivity contribution in [2.75, 3.05) is 21.3 Å². The number of amides is 2. The Morgan fingerprint density at radius 1 is 0.576 bits per heavy atom. The minimum atomic E-state index is -0.497. The molecule has 0 unspecified atom stereocenters. The van der Waals surface area contributed by atoms with E-state index in [1.54, 1.807) is 0 Å². The molecule has 8 rings (SSSR count). The Morgan fingerprint density at radius 3 is 1.48 bits per heavy atom. The first-order valence-electron chi connectivity index (χ1n) is 23.0. The molecule has 0 atom stereocenters. The standard InChI is InChI=1S/C51H56N8O7/c1-4-34-9-5-7-11-42(34)54-50-58-56-48(65-50)46(62)52-39-25-21-37(22-26-39)35-17-13-32(14-18-35)29-44(60)64-45(61)30-33-15-19-36(20-16-33)38-23-27-40(28-24-38)53-47(63)49-57-59-51(66-49)55-43-12-8-6-10-41(43)31(2)3/h5-12,21-28,31-33,35-36H,4,13-20,29-30H2,1-3H3,(H,52,62)(H,53,63)(H,54,58)(H,55,59). The first-order chi connectivity index (χ1) is 32.1. The van der Waals surface area contributed by atoms with Crippen molar-refractivity contribution in [1.82, 2.24) is 20.4 Å². The fourth-order valence-corrected chi connectivity index (χ4v) is 9.15. The van der Waals surface area contributed by atoms with Crippen LogP contribution in [0.15, 0.2) is 106 Å². The second-order valence-electron chi connectivity index (χ2n) is 17.7. The molecule has 2 amide bonds. The Morgan fingerprint density at radius 2 is 1.02 bits per heavy atom. The molecule has 0 bridgehead atoms. The molecule has 2 fully saturated rings. The summed E-state index contributed by atoms with van der Waals surface area (Å²) in [4.78, 5) is 51.4. The van der Waals surface area contributed by atoms with E-state index in [0.29, 0.717) is 23.2 Å². The van der Waals surface area contributed by atoms with E-state index in [1.807, 2.05) is 97.1 Å². The molecule has 0 saturated heterocycles. The number of rotatable bonds is 16. The average molecular weight is 893 g/mol. The lowest BCUT2D eigenvalue weighted by molar-refractivity contribution is -0.161. The molecule has 0 spiro atoms. The molecule has 2 saturated carbocycles. The van der Waals surface area contributed by atoms with Crippen molar-refractivity contribution in [3.05, 3.63) is 131 Å². The summed E-state index contributed by atoms with van der Waals surface area (Å²) < 4.78 is 16.5.